The van der Waals surface area contributed by atoms with Crippen LogP contribution in [0.4, 0.5) is 0 Å². The molecule has 0 amide bonds. The van der Waals surface area contributed by atoms with Crippen LogP contribution in [0.25, 0.3) is 0 Å². The van der Waals surface area contributed by atoms with Crippen LogP contribution in [0.15, 0.2) is 22.5 Å². The Bertz CT molecular complexity index is 439. The first-order valence-corrected chi connectivity index (χ1v) is 8.78. The number of hydrogen-bond donors (Lipinski definition) is 2. The van der Waals surface area contributed by atoms with Crippen LogP contribution >= 0.6 is 35.3 Å². The van der Waals surface area contributed by atoms with Gasteiger partial charge in [0.2, 0.25) is 0 Å². The first kappa shape index (κ1) is 19.7. The molecule has 1 aromatic heterocycles. The summed E-state index contributed by atoms with van der Waals surface area (Å²) >= 11 is 1.80. The fraction of sp³-hybridized carbons (Fsp3) is 0.688. The largest absolute Gasteiger partial charge is 0.393 e. The van der Waals surface area contributed by atoms with Crippen LogP contribution in [0, 0.1) is 5.92 Å². The molecular weight excluding hydrogens is 409 g/mol. The van der Waals surface area contributed by atoms with Gasteiger partial charge in [0.05, 0.1) is 6.10 Å². The quantitative estimate of drug-likeness (QED) is 0.409. The second-order valence-electron chi connectivity index (χ2n) is 5.70. The van der Waals surface area contributed by atoms with Crippen LogP contribution in [0.5, 0.6) is 0 Å². The number of guanidine groups is 1. The second kappa shape index (κ2) is 10.4. The van der Waals surface area contributed by atoms with Gasteiger partial charge in [-0.15, -0.1) is 35.3 Å². The molecule has 1 saturated carbocycles. The van der Waals surface area contributed by atoms with E-state index in [9.17, 15) is 5.11 Å². The Hall–Kier alpha value is -0.340. The molecule has 1 aliphatic rings. The highest BCUT2D eigenvalue weighted by Crippen LogP contribution is 2.25. The Morgan fingerprint density at radius 1 is 1.50 bits per heavy atom. The van der Waals surface area contributed by atoms with Gasteiger partial charge < -0.3 is 15.3 Å². The highest BCUT2D eigenvalue weighted by Gasteiger charge is 2.24. The summed E-state index contributed by atoms with van der Waals surface area (Å²) in [4.78, 5) is 8.31. The number of nitrogens with zero attached hydrogens (tertiary/aromatic N) is 2. The van der Waals surface area contributed by atoms with Crippen molar-refractivity contribution >= 4 is 41.3 Å². The van der Waals surface area contributed by atoms with E-state index >= 15 is 0 Å². The first-order valence-electron chi connectivity index (χ1n) is 7.90. The molecule has 0 aromatic carbocycles. The van der Waals surface area contributed by atoms with Crippen LogP contribution < -0.4 is 5.32 Å². The van der Waals surface area contributed by atoms with Gasteiger partial charge >= 0.3 is 0 Å². The van der Waals surface area contributed by atoms with E-state index in [0.717, 1.165) is 51.3 Å². The van der Waals surface area contributed by atoms with Crippen molar-refractivity contribution in [1.29, 1.82) is 0 Å². The number of nitrogens with one attached hydrogen (secondary N) is 1. The molecule has 0 radical (unpaired) electrons. The summed E-state index contributed by atoms with van der Waals surface area (Å²) in [7, 11) is 2.08. The highest BCUT2D eigenvalue weighted by atomic mass is 127. The van der Waals surface area contributed by atoms with E-state index in [4.69, 9.17) is 4.99 Å². The minimum Gasteiger partial charge on any atom is -0.393 e. The van der Waals surface area contributed by atoms with Gasteiger partial charge in [-0.05, 0) is 37.6 Å². The van der Waals surface area contributed by atoms with Gasteiger partial charge in [-0.1, -0.05) is 12.5 Å². The van der Waals surface area contributed by atoms with Gasteiger partial charge in [0.1, 0.15) is 0 Å². The van der Waals surface area contributed by atoms with Crippen molar-refractivity contribution in [3.8, 4) is 0 Å². The van der Waals surface area contributed by atoms with Gasteiger partial charge in [0.25, 0.3) is 0 Å². The van der Waals surface area contributed by atoms with Crippen molar-refractivity contribution < 1.29 is 5.11 Å². The Kier molecular flexibility index (Phi) is 9.35. The maximum absolute atomic E-state index is 9.90. The molecule has 1 aromatic rings. The summed E-state index contributed by atoms with van der Waals surface area (Å²) in [5.74, 6) is 1.29. The third-order valence-corrected chi connectivity index (χ3v) is 5.00. The lowest BCUT2D eigenvalue weighted by Gasteiger charge is -2.22. The maximum Gasteiger partial charge on any atom is 0.193 e. The molecule has 6 heteroatoms. The molecule has 1 heterocycles. The van der Waals surface area contributed by atoms with Crippen molar-refractivity contribution in [3.63, 3.8) is 0 Å². The number of halogens is 1. The molecule has 1 fully saturated rings. The molecular formula is C16H28IN3OS. The van der Waals surface area contributed by atoms with Crippen LogP contribution in [-0.4, -0.2) is 48.8 Å². The van der Waals surface area contributed by atoms with E-state index in [1.54, 1.807) is 11.3 Å². The third kappa shape index (κ3) is 6.04. The molecule has 2 unspecified atom stereocenters. The summed E-state index contributed by atoms with van der Waals surface area (Å²) < 4.78 is 0. The minimum absolute atomic E-state index is 0. The van der Waals surface area contributed by atoms with Crippen molar-refractivity contribution in [2.45, 2.75) is 38.7 Å². The summed E-state index contributed by atoms with van der Waals surface area (Å²) in [5.41, 5.74) is 0. The van der Waals surface area contributed by atoms with Crippen molar-refractivity contribution in [2.75, 3.05) is 26.7 Å². The van der Waals surface area contributed by atoms with Crippen LogP contribution in [-0.2, 0) is 6.42 Å². The predicted octanol–water partition coefficient (Wildman–Crippen LogP) is 2.97. The van der Waals surface area contributed by atoms with Gasteiger partial charge in [-0.25, -0.2) is 0 Å². The average Bonchev–Trinajstić information content (AvgIpc) is 3.12. The van der Waals surface area contributed by atoms with Gasteiger partial charge in [0, 0.05) is 37.5 Å². The SMILES string of the molecule is CCNC(=NCC1CCCC1O)N(C)CCc1cccs1.I. The number of aliphatic hydroxyl groups is 1. The number of rotatable bonds is 6. The third-order valence-electron chi connectivity index (χ3n) is 4.06. The summed E-state index contributed by atoms with van der Waals surface area (Å²) in [5, 5.41) is 15.4. The summed E-state index contributed by atoms with van der Waals surface area (Å²) in [6, 6.07) is 4.28. The van der Waals surface area contributed by atoms with E-state index in [-0.39, 0.29) is 30.1 Å². The fourth-order valence-electron chi connectivity index (χ4n) is 2.74. The van der Waals surface area contributed by atoms with E-state index in [1.807, 2.05) is 0 Å². The lowest BCUT2D eigenvalue weighted by Crippen LogP contribution is -2.40. The lowest BCUT2D eigenvalue weighted by atomic mass is 10.1. The molecule has 0 saturated heterocycles. The second-order valence-corrected chi connectivity index (χ2v) is 6.74. The molecule has 126 valence electrons. The van der Waals surface area contributed by atoms with Crippen LogP contribution in [0.1, 0.15) is 31.1 Å². The highest BCUT2D eigenvalue weighted by molar-refractivity contribution is 14.0. The molecule has 4 nitrogen and oxygen atoms in total. The molecule has 22 heavy (non-hydrogen) atoms. The predicted molar refractivity (Wildman–Crippen MR) is 105 cm³/mol. The molecule has 0 bridgehead atoms. The summed E-state index contributed by atoms with van der Waals surface area (Å²) in [6.07, 6.45) is 4.05. The maximum atomic E-state index is 9.90. The van der Waals surface area contributed by atoms with Crippen LogP contribution in [0.3, 0.4) is 0 Å². The molecule has 2 N–H and O–H groups in total. The number of aliphatic imine (C=N–C) groups is 1. The average molecular weight is 437 g/mol. The van der Waals surface area contributed by atoms with Crippen LogP contribution in [0.2, 0.25) is 0 Å². The topological polar surface area (TPSA) is 47.9 Å². The van der Waals surface area contributed by atoms with Gasteiger partial charge in [0.15, 0.2) is 5.96 Å². The smallest absolute Gasteiger partial charge is 0.193 e. The zero-order chi connectivity index (χ0) is 15.1. The zero-order valence-corrected chi connectivity index (χ0v) is 16.6. The standard InChI is InChI=1S/C16H27N3OS.HI/c1-3-17-16(18-12-13-6-4-8-15(13)20)19(2)10-9-14-7-5-11-21-14;/h5,7,11,13,15,20H,3-4,6,8-10,12H2,1-2H3,(H,17,18);1H. The molecule has 2 atom stereocenters. The Morgan fingerprint density at radius 2 is 2.32 bits per heavy atom. The number of likely N-dealkylation sites (N-methyl/N-ethyl adjacent to an activating group) is 1. The van der Waals surface area contributed by atoms with Crippen molar-refractivity contribution in [1.82, 2.24) is 10.2 Å². The minimum atomic E-state index is -0.159. The van der Waals surface area contributed by atoms with E-state index in [2.05, 4.69) is 41.7 Å². The van der Waals surface area contributed by atoms with Crippen molar-refractivity contribution in [2.24, 2.45) is 10.9 Å². The summed E-state index contributed by atoms with van der Waals surface area (Å²) in [6.45, 7) is 4.65. The first-order chi connectivity index (χ1) is 10.2. The Morgan fingerprint density at radius 3 is 2.91 bits per heavy atom. The normalized spacial score (nSPS) is 21.5. The Labute approximate surface area is 155 Å². The molecule has 0 aliphatic heterocycles. The van der Waals surface area contributed by atoms with E-state index in [0.29, 0.717) is 5.92 Å². The van der Waals surface area contributed by atoms with Gasteiger partial charge in [-0.2, -0.15) is 0 Å². The monoisotopic (exact) mass is 437 g/mol. The number of thiophene rings is 1. The molecule has 2 rings (SSSR count). The van der Waals surface area contributed by atoms with Crippen molar-refractivity contribution in [3.05, 3.63) is 22.4 Å². The molecule has 0 spiro atoms. The number of aliphatic hydroxyl groups excluding tert-OH is 1. The molecule has 1 aliphatic carbocycles. The lowest BCUT2D eigenvalue weighted by molar-refractivity contribution is 0.136. The van der Waals surface area contributed by atoms with E-state index in [1.165, 1.54) is 4.88 Å². The Balaban J connectivity index is 0.00000242. The van der Waals surface area contributed by atoms with Gasteiger partial charge in [-0.3, -0.25) is 4.99 Å². The fourth-order valence-corrected chi connectivity index (χ4v) is 3.44. The number of hydrogen-bond acceptors (Lipinski definition) is 3. The zero-order valence-electron chi connectivity index (χ0n) is 13.5. The van der Waals surface area contributed by atoms with E-state index < -0.39 is 0 Å².